The van der Waals surface area contributed by atoms with Gasteiger partial charge < -0.3 is 4.74 Å². The smallest absolute Gasteiger partial charge is 0.235 e. The van der Waals surface area contributed by atoms with Crippen LogP contribution in [0, 0.1) is 6.92 Å². The fourth-order valence-corrected chi connectivity index (χ4v) is 4.22. The second kappa shape index (κ2) is 6.72. The molecule has 28 heavy (non-hydrogen) atoms. The van der Waals surface area contributed by atoms with Gasteiger partial charge in [0.05, 0.1) is 5.69 Å². The van der Waals surface area contributed by atoms with Gasteiger partial charge in [-0.25, -0.2) is 4.98 Å². The summed E-state index contributed by atoms with van der Waals surface area (Å²) in [7, 11) is 0. The van der Waals surface area contributed by atoms with E-state index in [-0.39, 0.29) is 6.10 Å². The summed E-state index contributed by atoms with van der Waals surface area (Å²) in [6, 6.07) is 15.7. The van der Waals surface area contributed by atoms with Gasteiger partial charge in [0, 0.05) is 6.20 Å². The monoisotopic (exact) mass is 390 g/mol. The minimum absolute atomic E-state index is 0.134. The zero-order chi connectivity index (χ0) is 19.1. The number of imidazole rings is 1. The Labute approximate surface area is 165 Å². The van der Waals surface area contributed by atoms with Crippen LogP contribution in [0.1, 0.15) is 30.2 Å². The van der Waals surface area contributed by atoms with E-state index in [0.717, 1.165) is 39.2 Å². The fourth-order valence-electron chi connectivity index (χ4n) is 3.26. The second-order valence-electron chi connectivity index (χ2n) is 6.46. The van der Waals surface area contributed by atoms with Crippen molar-refractivity contribution in [3.63, 3.8) is 0 Å². The average molecular weight is 390 g/mol. The molecular formula is C20H18N6OS. The lowest BCUT2D eigenvalue weighted by Crippen LogP contribution is -2.07. The van der Waals surface area contributed by atoms with E-state index in [0.29, 0.717) is 5.82 Å². The van der Waals surface area contributed by atoms with Crippen molar-refractivity contribution >= 4 is 21.9 Å². The molecule has 0 N–H and O–H groups in total. The van der Waals surface area contributed by atoms with Crippen molar-refractivity contribution in [2.24, 2.45) is 0 Å². The van der Waals surface area contributed by atoms with Crippen LogP contribution in [0.15, 0.2) is 54.7 Å². The number of para-hydroxylation sites is 1. The maximum Gasteiger partial charge on any atom is 0.235 e. The van der Waals surface area contributed by atoms with Gasteiger partial charge in [-0.1, -0.05) is 42.5 Å². The summed E-state index contributed by atoms with van der Waals surface area (Å²) in [5.41, 5.74) is 2.67. The lowest BCUT2D eigenvalue weighted by atomic mass is 10.3. The van der Waals surface area contributed by atoms with Gasteiger partial charge in [-0.15, -0.1) is 10.2 Å². The molecule has 5 aromatic rings. The van der Waals surface area contributed by atoms with E-state index < -0.39 is 0 Å². The molecule has 0 aliphatic rings. The number of fused-ring (bicyclic) bond motifs is 2. The SMILES string of the molecule is CC[C@H](Oc1ccccc1)c1nn2c(-c3c(C)nc4ccccn34)nnc2s1. The highest BCUT2D eigenvalue weighted by atomic mass is 32.1. The Hall–Kier alpha value is -3.26. The largest absolute Gasteiger partial charge is 0.483 e. The zero-order valence-corrected chi connectivity index (χ0v) is 16.3. The maximum atomic E-state index is 6.14. The molecule has 5 rings (SSSR count). The molecule has 0 unspecified atom stereocenters. The number of hydrogen-bond donors (Lipinski definition) is 0. The molecule has 0 amide bonds. The summed E-state index contributed by atoms with van der Waals surface area (Å²) < 4.78 is 9.95. The molecule has 140 valence electrons. The molecule has 0 saturated carbocycles. The van der Waals surface area contributed by atoms with Crippen molar-refractivity contribution in [2.45, 2.75) is 26.4 Å². The Bertz CT molecular complexity index is 1260. The highest BCUT2D eigenvalue weighted by Gasteiger charge is 2.23. The van der Waals surface area contributed by atoms with E-state index in [1.54, 1.807) is 4.52 Å². The zero-order valence-electron chi connectivity index (χ0n) is 15.5. The first kappa shape index (κ1) is 16.9. The number of rotatable bonds is 5. The van der Waals surface area contributed by atoms with E-state index in [9.17, 15) is 0 Å². The lowest BCUT2D eigenvalue weighted by molar-refractivity contribution is 0.199. The number of aryl methyl sites for hydroxylation is 1. The number of aromatic nitrogens is 6. The number of hydrogen-bond acceptors (Lipinski definition) is 6. The third-order valence-corrected chi connectivity index (χ3v) is 5.58. The van der Waals surface area contributed by atoms with E-state index in [2.05, 4.69) is 22.1 Å². The molecule has 4 heterocycles. The quantitative estimate of drug-likeness (QED) is 0.446. The van der Waals surface area contributed by atoms with Crippen molar-refractivity contribution in [3.8, 4) is 17.3 Å². The molecule has 1 atom stereocenters. The van der Waals surface area contributed by atoms with Gasteiger partial charge in [0.25, 0.3) is 0 Å². The number of nitrogens with zero attached hydrogens (tertiary/aromatic N) is 6. The molecular weight excluding hydrogens is 372 g/mol. The van der Waals surface area contributed by atoms with Crippen LogP contribution in [-0.4, -0.2) is 29.2 Å². The summed E-state index contributed by atoms with van der Waals surface area (Å²) in [6.45, 7) is 4.07. The number of ether oxygens (including phenoxy) is 1. The fraction of sp³-hybridized carbons (Fsp3) is 0.200. The third kappa shape index (κ3) is 2.73. The first-order chi connectivity index (χ1) is 13.7. The molecule has 0 spiro atoms. The topological polar surface area (TPSA) is 69.6 Å². The van der Waals surface area contributed by atoms with Crippen molar-refractivity contribution in [1.82, 2.24) is 29.2 Å². The number of benzene rings is 1. The minimum atomic E-state index is -0.134. The van der Waals surface area contributed by atoms with Crippen LogP contribution in [-0.2, 0) is 0 Å². The Kier molecular flexibility index (Phi) is 4.05. The standard InChI is InChI=1S/C20H18N6OS/c1-3-15(27-14-9-5-4-6-10-14)19-24-26-18(22-23-20(26)28-19)17-13(2)21-16-11-7-8-12-25(16)17/h4-12,15H,3H2,1-2H3/t15-/m0/s1. The molecule has 1 aromatic carbocycles. The Morgan fingerprint density at radius 2 is 1.89 bits per heavy atom. The molecule has 0 aliphatic heterocycles. The number of pyridine rings is 1. The molecule has 0 saturated heterocycles. The summed E-state index contributed by atoms with van der Waals surface area (Å²) >= 11 is 1.50. The third-order valence-electron chi connectivity index (χ3n) is 4.59. The Morgan fingerprint density at radius 1 is 1.07 bits per heavy atom. The van der Waals surface area contributed by atoms with Gasteiger partial charge in [-0.3, -0.25) is 4.40 Å². The average Bonchev–Trinajstić information content (AvgIpc) is 3.39. The van der Waals surface area contributed by atoms with Gasteiger partial charge in [-0.2, -0.15) is 9.61 Å². The van der Waals surface area contributed by atoms with E-state index in [4.69, 9.17) is 9.84 Å². The van der Waals surface area contributed by atoms with Crippen molar-refractivity contribution in [2.75, 3.05) is 0 Å². The predicted octanol–water partition coefficient (Wildman–Crippen LogP) is 4.34. The highest BCUT2D eigenvalue weighted by molar-refractivity contribution is 7.16. The summed E-state index contributed by atoms with van der Waals surface area (Å²) in [5.74, 6) is 1.52. The molecule has 8 heteroatoms. The van der Waals surface area contributed by atoms with Crippen molar-refractivity contribution in [1.29, 1.82) is 0 Å². The first-order valence-electron chi connectivity index (χ1n) is 9.12. The van der Waals surface area contributed by atoms with Gasteiger partial charge >= 0.3 is 0 Å². The van der Waals surface area contributed by atoms with Crippen LogP contribution < -0.4 is 4.74 Å². The molecule has 4 aromatic heterocycles. The Balaban J connectivity index is 1.58. The molecule has 0 radical (unpaired) electrons. The van der Waals surface area contributed by atoms with E-state index in [1.807, 2.05) is 66.1 Å². The predicted molar refractivity (Wildman–Crippen MR) is 108 cm³/mol. The minimum Gasteiger partial charge on any atom is -0.483 e. The van der Waals surface area contributed by atoms with Crippen molar-refractivity contribution in [3.05, 3.63) is 65.4 Å². The molecule has 0 bridgehead atoms. The van der Waals surface area contributed by atoms with Crippen LogP contribution >= 0.6 is 11.3 Å². The first-order valence-corrected chi connectivity index (χ1v) is 9.94. The summed E-state index contributed by atoms with van der Waals surface area (Å²) in [6.07, 6.45) is 2.65. The van der Waals surface area contributed by atoms with Crippen LogP contribution in [0.5, 0.6) is 5.75 Å². The van der Waals surface area contributed by atoms with Crippen LogP contribution in [0.4, 0.5) is 0 Å². The van der Waals surface area contributed by atoms with Gasteiger partial charge in [0.2, 0.25) is 10.8 Å². The van der Waals surface area contributed by atoms with Crippen LogP contribution in [0.2, 0.25) is 0 Å². The van der Waals surface area contributed by atoms with Gasteiger partial charge in [0.1, 0.15) is 17.1 Å². The summed E-state index contributed by atoms with van der Waals surface area (Å²) in [4.78, 5) is 5.36. The molecule has 0 fully saturated rings. The van der Waals surface area contributed by atoms with Gasteiger partial charge in [-0.05, 0) is 37.6 Å². The maximum absolute atomic E-state index is 6.14. The Morgan fingerprint density at radius 3 is 2.71 bits per heavy atom. The normalized spacial score (nSPS) is 12.6. The molecule has 0 aliphatic carbocycles. The lowest BCUT2D eigenvalue weighted by Gasteiger charge is -2.14. The second-order valence-corrected chi connectivity index (χ2v) is 7.45. The van der Waals surface area contributed by atoms with E-state index >= 15 is 0 Å². The van der Waals surface area contributed by atoms with E-state index in [1.165, 1.54) is 11.3 Å². The van der Waals surface area contributed by atoms with Crippen LogP contribution in [0.3, 0.4) is 0 Å². The molecule has 7 nitrogen and oxygen atoms in total. The van der Waals surface area contributed by atoms with Crippen molar-refractivity contribution < 1.29 is 4.74 Å². The van der Waals surface area contributed by atoms with Gasteiger partial charge in [0.15, 0.2) is 11.1 Å². The van der Waals surface area contributed by atoms with Crippen LogP contribution in [0.25, 0.3) is 22.1 Å². The highest BCUT2D eigenvalue weighted by Crippen LogP contribution is 2.30. The summed E-state index contributed by atoms with van der Waals surface area (Å²) in [5, 5.41) is 14.4.